The molecule has 0 amide bonds. The third kappa shape index (κ3) is 3.60. The van der Waals surface area contributed by atoms with Crippen LogP contribution in [-0.4, -0.2) is 31.0 Å². The highest BCUT2D eigenvalue weighted by Crippen LogP contribution is 2.38. The molecular formula is C13H18BrNO3. The Morgan fingerprint density at radius 1 is 1.39 bits per heavy atom. The molecule has 0 fully saturated rings. The standard InChI is InChI=1S/C13H18BrNO3/c1-9(16)2-3-15-8-10-6-11(14)13-12(7-10)17-4-5-18-13/h6-7,9,15-16H,2-5,8H2,1H3. The van der Waals surface area contributed by atoms with Crippen LogP contribution < -0.4 is 14.8 Å². The van der Waals surface area contributed by atoms with Gasteiger partial charge in [-0.1, -0.05) is 0 Å². The predicted octanol–water partition coefficient (Wildman–Crippen LogP) is 2.08. The van der Waals surface area contributed by atoms with E-state index in [-0.39, 0.29) is 6.10 Å². The molecule has 0 radical (unpaired) electrons. The third-order valence-corrected chi connectivity index (χ3v) is 3.31. The van der Waals surface area contributed by atoms with E-state index in [1.165, 1.54) is 0 Å². The molecule has 0 saturated heterocycles. The van der Waals surface area contributed by atoms with Crippen LogP contribution in [0.2, 0.25) is 0 Å². The Morgan fingerprint density at radius 2 is 2.17 bits per heavy atom. The molecule has 4 nitrogen and oxygen atoms in total. The molecule has 1 aromatic rings. The fraction of sp³-hybridized carbons (Fsp3) is 0.538. The molecule has 2 N–H and O–H groups in total. The van der Waals surface area contributed by atoms with E-state index < -0.39 is 0 Å². The van der Waals surface area contributed by atoms with Crippen LogP contribution in [-0.2, 0) is 6.54 Å². The van der Waals surface area contributed by atoms with Crippen LogP contribution in [0.1, 0.15) is 18.9 Å². The Labute approximate surface area is 115 Å². The Kier molecular flexibility index (Phi) is 4.86. The number of hydrogen-bond acceptors (Lipinski definition) is 4. The summed E-state index contributed by atoms with van der Waals surface area (Å²) in [6.07, 6.45) is 0.496. The first kappa shape index (κ1) is 13.6. The van der Waals surface area contributed by atoms with Gasteiger partial charge in [-0.25, -0.2) is 0 Å². The number of benzene rings is 1. The van der Waals surface area contributed by atoms with Crippen molar-refractivity contribution in [2.45, 2.75) is 26.0 Å². The summed E-state index contributed by atoms with van der Waals surface area (Å²) < 4.78 is 12.0. The lowest BCUT2D eigenvalue weighted by Crippen LogP contribution is -2.19. The normalized spacial score (nSPS) is 15.5. The summed E-state index contributed by atoms with van der Waals surface area (Å²) in [7, 11) is 0. The van der Waals surface area contributed by atoms with Gasteiger partial charge >= 0.3 is 0 Å². The number of fused-ring (bicyclic) bond motifs is 1. The molecule has 1 aromatic carbocycles. The van der Waals surface area contributed by atoms with Crippen molar-refractivity contribution < 1.29 is 14.6 Å². The average molecular weight is 316 g/mol. The summed E-state index contributed by atoms with van der Waals surface area (Å²) in [5, 5.41) is 12.5. The molecule has 0 aliphatic carbocycles. The zero-order valence-electron chi connectivity index (χ0n) is 10.4. The van der Waals surface area contributed by atoms with Gasteiger partial charge in [0.05, 0.1) is 10.6 Å². The maximum atomic E-state index is 9.17. The lowest BCUT2D eigenvalue weighted by atomic mass is 10.2. The van der Waals surface area contributed by atoms with Gasteiger partial charge in [-0.3, -0.25) is 0 Å². The van der Waals surface area contributed by atoms with Crippen LogP contribution in [0, 0.1) is 0 Å². The van der Waals surface area contributed by atoms with Crippen molar-refractivity contribution in [1.29, 1.82) is 0 Å². The van der Waals surface area contributed by atoms with Crippen LogP contribution in [0.25, 0.3) is 0 Å². The Hall–Kier alpha value is -0.780. The number of ether oxygens (including phenoxy) is 2. The first-order valence-corrected chi connectivity index (χ1v) is 6.93. The fourth-order valence-electron chi connectivity index (χ4n) is 1.81. The van der Waals surface area contributed by atoms with E-state index in [0.717, 1.165) is 41.0 Å². The van der Waals surface area contributed by atoms with Gasteiger partial charge in [0.25, 0.3) is 0 Å². The van der Waals surface area contributed by atoms with Crippen LogP contribution in [0.15, 0.2) is 16.6 Å². The predicted molar refractivity (Wildman–Crippen MR) is 73.1 cm³/mol. The topological polar surface area (TPSA) is 50.7 Å². The molecule has 1 atom stereocenters. The Balaban J connectivity index is 1.95. The first-order valence-electron chi connectivity index (χ1n) is 6.13. The summed E-state index contributed by atoms with van der Waals surface area (Å²) >= 11 is 3.49. The lowest BCUT2D eigenvalue weighted by molar-refractivity contribution is 0.170. The average Bonchev–Trinajstić information content (AvgIpc) is 2.35. The lowest BCUT2D eigenvalue weighted by Gasteiger charge is -2.20. The molecule has 100 valence electrons. The second kappa shape index (κ2) is 6.41. The van der Waals surface area contributed by atoms with Crippen molar-refractivity contribution >= 4 is 15.9 Å². The fourth-order valence-corrected chi connectivity index (χ4v) is 2.41. The highest BCUT2D eigenvalue weighted by molar-refractivity contribution is 9.10. The Morgan fingerprint density at radius 3 is 2.94 bits per heavy atom. The maximum absolute atomic E-state index is 9.17. The van der Waals surface area contributed by atoms with Gasteiger partial charge in [0, 0.05) is 6.54 Å². The van der Waals surface area contributed by atoms with Crippen molar-refractivity contribution in [3.63, 3.8) is 0 Å². The molecule has 18 heavy (non-hydrogen) atoms. The number of aliphatic hydroxyl groups is 1. The van der Waals surface area contributed by atoms with Gasteiger partial charge in [0.15, 0.2) is 11.5 Å². The van der Waals surface area contributed by atoms with Crippen molar-refractivity contribution in [2.75, 3.05) is 19.8 Å². The number of nitrogens with one attached hydrogen (secondary N) is 1. The van der Waals surface area contributed by atoms with Gasteiger partial charge in [-0.15, -0.1) is 0 Å². The number of hydrogen-bond donors (Lipinski definition) is 2. The first-order chi connectivity index (χ1) is 8.66. The summed E-state index contributed by atoms with van der Waals surface area (Å²) in [4.78, 5) is 0. The second-order valence-electron chi connectivity index (χ2n) is 4.42. The van der Waals surface area contributed by atoms with Gasteiger partial charge in [0.2, 0.25) is 0 Å². The number of aliphatic hydroxyl groups excluding tert-OH is 1. The SMILES string of the molecule is CC(O)CCNCc1cc(Br)c2c(c1)OCCO2. The van der Waals surface area contributed by atoms with E-state index in [0.29, 0.717) is 13.2 Å². The second-order valence-corrected chi connectivity index (χ2v) is 5.27. The van der Waals surface area contributed by atoms with Crippen LogP contribution in [0.5, 0.6) is 11.5 Å². The molecule has 0 saturated carbocycles. The molecule has 1 aliphatic rings. The van der Waals surface area contributed by atoms with E-state index in [4.69, 9.17) is 14.6 Å². The number of rotatable bonds is 5. The van der Waals surface area contributed by atoms with E-state index >= 15 is 0 Å². The van der Waals surface area contributed by atoms with Crippen molar-refractivity contribution in [3.8, 4) is 11.5 Å². The van der Waals surface area contributed by atoms with Gasteiger partial charge in [-0.05, 0) is 53.5 Å². The molecule has 5 heteroatoms. The summed E-state index contributed by atoms with van der Waals surface area (Å²) in [5.41, 5.74) is 1.14. The highest BCUT2D eigenvalue weighted by atomic mass is 79.9. The quantitative estimate of drug-likeness (QED) is 0.817. The molecule has 0 spiro atoms. The monoisotopic (exact) mass is 315 g/mol. The maximum Gasteiger partial charge on any atom is 0.175 e. The minimum Gasteiger partial charge on any atom is -0.486 e. The molecule has 2 rings (SSSR count). The molecule has 1 unspecified atom stereocenters. The Bertz CT molecular complexity index is 409. The van der Waals surface area contributed by atoms with E-state index in [9.17, 15) is 0 Å². The molecule has 1 heterocycles. The van der Waals surface area contributed by atoms with Crippen LogP contribution >= 0.6 is 15.9 Å². The summed E-state index contributed by atoms with van der Waals surface area (Å²) in [6.45, 7) is 4.53. The molecule has 0 aromatic heterocycles. The van der Waals surface area contributed by atoms with E-state index in [1.807, 2.05) is 12.1 Å². The highest BCUT2D eigenvalue weighted by Gasteiger charge is 2.16. The molecule has 0 bridgehead atoms. The summed E-state index contributed by atoms with van der Waals surface area (Å²) in [5.74, 6) is 1.58. The smallest absolute Gasteiger partial charge is 0.175 e. The van der Waals surface area contributed by atoms with Crippen molar-refractivity contribution in [2.24, 2.45) is 0 Å². The third-order valence-electron chi connectivity index (χ3n) is 2.72. The van der Waals surface area contributed by atoms with Crippen LogP contribution in [0.4, 0.5) is 0 Å². The zero-order valence-corrected chi connectivity index (χ0v) is 12.0. The molecular weight excluding hydrogens is 298 g/mol. The van der Waals surface area contributed by atoms with Crippen LogP contribution in [0.3, 0.4) is 0 Å². The van der Waals surface area contributed by atoms with Crippen molar-refractivity contribution in [3.05, 3.63) is 22.2 Å². The van der Waals surface area contributed by atoms with Gasteiger partial charge < -0.3 is 19.9 Å². The minimum atomic E-state index is -0.260. The number of halogens is 1. The van der Waals surface area contributed by atoms with Crippen molar-refractivity contribution in [1.82, 2.24) is 5.32 Å². The van der Waals surface area contributed by atoms with Gasteiger partial charge in [0.1, 0.15) is 13.2 Å². The zero-order chi connectivity index (χ0) is 13.0. The van der Waals surface area contributed by atoms with Gasteiger partial charge in [-0.2, -0.15) is 0 Å². The minimum absolute atomic E-state index is 0.260. The largest absolute Gasteiger partial charge is 0.486 e. The summed E-state index contributed by atoms with van der Waals surface area (Å²) in [6, 6.07) is 4.03. The van der Waals surface area contributed by atoms with E-state index in [1.54, 1.807) is 6.92 Å². The van der Waals surface area contributed by atoms with E-state index in [2.05, 4.69) is 21.2 Å². The molecule has 1 aliphatic heterocycles.